The number of nitrogens with zero attached hydrogens (tertiary/aromatic N) is 1. The third kappa shape index (κ3) is 7.85. The van der Waals surface area contributed by atoms with E-state index in [1.807, 2.05) is 25.1 Å². The van der Waals surface area contributed by atoms with E-state index in [-0.39, 0.29) is 35.5 Å². The number of rotatable bonds is 7. The van der Waals surface area contributed by atoms with Gasteiger partial charge >= 0.3 is 0 Å². The molecular weight excluding hydrogens is 481 g/mol. The molecular formula is C22H38IN3O3. The normalized spacial score (nSPS) is 19.9. The third-order valence-corrected chi connectivity index (χ3v) is 5.04. The number of benzene rings is 1. The van der Waals surface area contributed by atoms with Crippen molar-refractivity contribution < 1.29 is 14.2 Å². The molecule has 1 aliphatic heterocycles. The average molecular weight is 519 g/mol. The Hall–Kier alpha value is -1.22. The van der Waals surface area contributed by atoms with E-state index in [0.717, 1.165) is 42.6 Å². The molecule has 2 atom stereocenters. The lowest BCUT2D eigenvalue weighted by molar-refractivity contribution is -0.0835. The van der Waals surface area contributed by atoms with Crippen molar-refractivity contribution >= 4 is 29.9 Å². The molecule has 1 saturated heterocycles. The molecule has 166 valence electrons. The molecule has 0 saturated carbocycles. The molecule has 0 aromatic heterocycles. The van der Waals surface area contributed by atoms with E-state index in [0.29, 0.717) is 19.1 Å². The van der Waals surface area contributed by atoms with Gasteiger partial charge in [-0.25, -0.2) is 0 Å². The van der Waals surface area contributed by atoms with Crippen LogP contribution in [0.25, 0.3) is 0 Å². The second-order valence-electron chi connectivity index (χ2n) is 8.28. The number of nitrogens with one attached hydrogen (secondary N) is 2. The Kier molecular flexibility index (Phi) is 11.1. The minimum atomic E-state index is 0. The number of ether oxygens (including phenoxy) is 3. The molecule has 29 heavy (non-hydrogen) atoms. The Labute approximate surface area is 193 Å². The topological polar surface area (TPSA) is 64.1 Å². The molecule has 1 aromatic rings. The van der Waals surface area contributed by atoms with Crippen molar-refractivity contribution in [2.75, 3.05) is 33.9 Å². The number of hydrogen-bond acceptors (Lipinski definition) is 4. The van der Waals surface area contributed by atoms with Crippen LogP contribution in [0.4, 0.5) is 0 Å². The number of methoxy groups -OCH3 is 1. The monoisotopic (exact) mass is 519 g/mol. The minimum Gasteiger partial charge on any atom is -0.493 e. The average Bonchev–Trinajstić information content (AvgIpc) is 2.68. The van der Waals surface area contributed by atoms with Crippen molar-refractivity contribution in [1.29, 1.82) is 0 Å². The second kappa shape index (κ2) is 12.5. The summed E-state index contributed by atoms with van der Waals surface area (Å²) in [5.74, 6) is 2.79. The van der Waals surface area contributed by atoms with Crippen LogP contribution in [0.2, 0.25) is 0 Å². The van der Waals surface area contributed by atoms with Gasteiger partial charge in [0.1, 0.15) is 0 Å². The van der Waals surface area contributed by atoms with Gasteiger partial charge in [0.15, 0.2) is 17.5 Å². The van der Waals surface area contributed by atoms with Gasteiger partial charge in [-0.2, -0.15) is 0 Å². The van der Waals surface area contributed by atoms with Gasteiger partial charge in [-0.05, 0) is 42.9 Å². The van der Waals surface area contributed by atoms with E-state index in [9.17, 15) is 0 Å². The van der Waals surface area contributed by atoms with Gasteiger partial charge < -0.3 is 24.8 Å². The van der Waals surface area contributed by atoms with Crippen LogP contribution in [-0.4, -0.2) is 46.0 Å². The van der Waals surface area contributed by atoms with Gasteiger partial charge in [-0.3, -0.25) is 4.99 Å². The van der Waals surface area contributed by atoms with Crippen LogP contribution >= 0.6 is 24.0 Å². The molecule has 0 bridgehead atoms. The van der Waals surface area contributed by atoms with Crippen LogP contribution in [-0.2, 0) is 11.3 Å². The van der Waals surface area contributed by atoms with Crippen molar-refractivity contribution in [3.63, 3.8) is 0 Å². The Morgan fingerprint density at radius 3 is 2.62 bits per heavy atom. The van der Waals surface area contributed by atoms with Crippen molar-refractivity contribution in [3.8, 4) is 11.5 Å². The van der Waals surface area contributed by atoms with Crippen molar-refractivity contribution in [2.24, 2.45) is 16.3 Å². The summed E-state index contributed by atoms with van der Waals surface area (Å²) in [6, 6.07) is 5.98. The van der Waals surface area contributed by atoms with E-state index in [4.69, 9.17) is 14.2 Å². The lowest BCUT2D eigenvalue weighted by Crippen LogP contribution is -2.47. The van der Waals surface area contributed by atoms with Crippen LogP contribution in [0.15, 0.2) is 23.2 Å². The largest absolute Gasteiger partial charge is 0.493 e. The second-order valence-corrected chi connectivity index (χ2v) is 8.28. The molecule has 0 spiro atoms. The lowest BCUT2D eigenvalue weighted by atomic mass is 9.78. The Morgan fingerprint density at radius 1 is 1.24 bits per heavy atom. The summed E-state index contributed by atoms with van der Waals surface area (Å²) in [6.45, 7) is 11.7. The molecule has 2 rings (SSSR count). The van der Waals surface area contributed by atoms with E-state index in [1.54, 1.807) is 14.2 Å². The molecule has 6 nitrogen and oxygen atoms in total. The van der Waals surface area contributed by atoms with Crippen molar-refractivity contribution in [2.45, 2.75) is 53.2 Å². The first-order chi connectivity index (χ1) is 13.4. The summed E-state index contributed by atoms with van der Waals surface area (Å²) in [4.78, 5) is 4.36. The Balaban J connectivity index is 0.00000420. The summed E-state index contributed by atoms with van der Waals surface area (Å²) in [7, 11) is 3.45. The zero-order chi connectivity index (χ0) is 20.6. The first kappa shape index (κ1) is 25.8. The van der Waals surface area contributed by atoms with Crippen LogP contribution < -0.4 is 20.1 Å². The highest BCUT2D eigenvalue weighted by molar-refractivity contribution is 14.0. The molecule has 1 aromatic carbocycles. The molecule has 0 radical (unpaired) electrons. The maximum atomic E-state index is 6.08. The lowest BCUT2D eigenvalue weighted by Gasteiger charge is -2.40. The zero-order valence-electron chi connectivity index (χ0n) is 18.7. The summed E-state index contributed by atoms with van der Waals surface area (Å²) in [5, 5.41) is 6.86. The van der Waals surface area contributed by atoms with Gasteiger partial charge in [0, 0.05) is 32.7 Å². The first-order valence-electron chi connectivity index (χ1n) is 10.2. The summed E-state index contributed by atoms with van der Waals surface area (Å²) in [5.41, 5.74) is 1.25. The quantitative estimate of drug-likeness (QED) is 0.321. The molecule has 2 N–H and O–H groups in total. The summed E-state index contributed by atoms with van der Waals surface area (Å²) >= 11 is 0. The fourth-order valence-electron chi connectivity index (χ4n) is 3.74. The van der Waals surface area contributed by atoms with E-state index in [2.05, 4.69) is 36.4 Å². The SMILES string of the molecule is CCOc1cc(CNC(=NC)NCC2CCCOC2C(C)(C)C)ccc1OC.I. The number of aliphatic imine (C=N–C) groups is 1. The standard InChI is InChI=1S/C22H37N3O3.HI/c1-7-27-19-13-16(10-11-18(19)26-6)14-24-21(23-5)25-15-17-9-8-12-28-20(17)22(2,3)4;/h10-11,13,17,20H,7-9,12,14-15H2,1-6H3,(H2,23,24,25);1H. The molecule has 1 aliphatic rings. The van der Waals surface area contributed by atoms with Crippen LogP contribution in [0.3, 0.4) is 0 Å². The summed E-state index contributed by atoms with van der Waals surface area (Å²) < 4.78 is 17.1. The van der Waals surface area contributed by atoms with Crippen LogP contribution in [0.1, 0.15) is 46.1 Å². The van der Waals surface area contributed by atoms with Crippen molar-refractivity contribution in [1.82, 2.24) is 10.6 Å². The maximum absolute atomic E-state index is 6.08. The first-order valence-corrected chi connectivity index (χ1v) is 10.2. The highest BCUT2D eigenvalue weighted by Gasteiger charge is 2.35. The van der Waals surface area contributed by atoms with Gasteiger partial charge in [-0.15, -0.1) is 24.0 Å². The third-order valence-electron chi connectivity index (χ3n) is 5.04. The smallest absolute Gasteiger partial charge is 0.191 e. The number of hydrogen-bond donors (Lipinski definition) is 2. The van der Waals surface area contributed by atoms with Gasteiger partial charge in [0.25, 0.3) is 0 Å². The molecule has 0 aliphatic carbocycles. The predicted molar refractivity (Wildman–Crippen MR) is 130 cm³/mol. The molecule has 0 amide bonds. The Morgan fingerprint density at radius 2 is 2.00 bits per heavy atom. The zero-order valence-corrected chi connectivity index (χ0v) is 21.0. The summed E-state index contributed by atoms with van der Waals surface area (Å²) in [6.07, 6.45) is 2.57. The predicted octanol–water partition coefficient (Wildman–Crippen LogP) is 4.22. The fraction of sp³-hybridized carbons (Fsp3) is 0.682. The molecule has 2 unspecified atom stereocenters. The molecule has 1 fully saturated rings. The maximum Gasteiger partial charge on any atom is 0.191 e. The van der Waals surface area contributed by atoms with Gasteiger partial charge in [0.05, 0.1) is 19.8 Å². The van der Waals surface area contributed by atoms with Gasteiger partial charge in [-0.1, -0.05) is 26.8 Å². The van der Waals surface area contributed by atoms with E-state index < -0.39 is 0 Å². The highest BCUT2D eigenvalue weighted by Crippen LogP contribution is 2.33. The van der Waals surface area contributed by atoms with Crippen LogP contribution in [0, 0.1) is 11.3 Å². The minimum absolute atomic E-state index is 0. The number of guanidine groups is 1. The highest BCUT2D eigenvalue weighted by atomic mass is 127. The van der Waals surface area contributed by atoms with E-state index >= 15 is 0 Å². The van der Waals surface area contributed by atoms with Gasteiger partial charge in [0.2, 0.25) is 0 Å². The molecule has 7 heteroatoms. The van der Waals surface area contributed by atoms with E-state index in [1.165, 1.54) is 6.42 Å². The van der Waals surface area contributed by atoms with Crippen molar-refractivity contribution in [3.05, 3.63) is 23.8 Å². The molecule has 1 heterocycles. The fourth-order valence-corrected chi connectivity index (χ4v) is 3.74. The number of halogens is 1. The van der Waals surface area contributed by atoms with Crippen LogP contribution in [0.5, 0.6) is 11.5 Å². The Bertz CT molecular complexity index is 647.